The Morgan fingerprint density at radius 3 is 2.24 bits per heavy atom. The summed E-state index contributed by atoms with van der Waals surface area (Å²) >= 11 is 0. The van der Waals surface area contributed by atoms with Gasteiger partial charge in [0, 0.05) is 19.6 Å². The highest BCUT2D eigenvalue weighted by Crippen LogP contribution is 2.28. The largest absolute Gasteiger partial charge is 0.405 e. The minimum Gasteiger partial charge on any atom is -0.290 e. The van der Waals surface area contributed by atoms with Gasteiger partial charge in [0.1, 0.15) is 6.04 Å². The topological polar surface area (TPSA) is 40.6 Å². The molecule has 0 spiro atoms. The first kappa shape index (κ1) is 14.7. The highest BCUT2D eigenvalue weighted by molar-refractivity contribution is 7.89. The van der Waals surface area contributed by atoms with E-state index in [9.17, 15) is 21.6 Å². The van der Waals surface area contributed by atoms with Crippen molar-refractivity contribution in [3.63, 3.8) is 0 Å². The van der Waals surface area contributed by atoms with Crippen molar-refractivity contribution in [3.8, 4) is 0 Å². The number of likely N-dealkylation sites (N-methyl/N-ethyl adjacent to an activating group) is 1. The standard InChI is InChI=1S/C9H17F3N2O2S/c1-3-13-5-6-14(17(15,16)4-2)7-8(13)9(10,11)12/h8H,3-7H2,1-2H3. The second kappa shape index (κ2) is 5.11. The highest BCUT2D eigenvalue weighted by atomic mass is 32.2. The van der Waals surface area contributed by atoms with Crippen LogP contribution in [0.3, 0.4) is 0 Å². The molecule has 0 aromatic heterocycles. The lowest BCUT2D eigenvalue weighted by atomic mass is 10.2. The predicted octanol–water partition coefficient (Wildman–Crippen LogP) is 0.904. The molecule has 0 saturated carbocycles. The summed E-state index contributed by atoms with van der Waals surface area (Å²) in [6, 6.07) is -1.69. The molecule has 1 heterocycles. The Morgan fingerprint density at radius 1 is 1.24 bits per heavy atom. The van der Waals surface area contributed by atoms with Gasteiger partial charge in [-0.2, -0.15) is 17.5 Å². The molecule has 0 aromatic carbocycles. The van der Waals surface area contributed by atoms with E-state index < -0.39 is 28.8 Å². The maximum atomic E-state index is 12.8. The molecule has 8 heteroatoms. The van der Waals surface area contributed by atoms with E-state index in [4.69, 9.17) is 0 Å². The summed E-state index contributed by atoms with van der Waals surface area (Å²) in [5.74, 6) is -0.163. The normalized spacial score (nSPS) is 25.1. The van der Waals surface area contributed by atoms with Crippen LogP contribution in [0.5, 0.6) is 0 Å². The molecular formula is C9H17F3N2O2S. The lowest BCUT2D eigenvalue weighted by Crippen LogP contribution is -2.60. The summed E-state index contributed by atoms with van der Waals surface area (Å²) in [5, 5.41) is 0. The average Bonchev–Trinajstić information content (AvgIpc) is 2.27. The number of alkyl halides is 3. The van der Waals surface area contributed by atoms with E-state index in [0.29, 0.717) is 0 Å². The Bertz CT molecular complexity index is 356. The summed E-state index contributed by atoms with van der Waals surface area (Å²) in [7, 11) is -3.54. The molecule has 4 nitrogen and oxygen atoms in total. The first-order valence-corrected chi connectivity index (χ1v) is 7.11. The third-order valence-electron chi connectivity index (χ3n) is 3.00. The lowest BCUT2D eigenvalue weighted by Gasteiger charge is -2.40. The van der Waals surface area contributed by atoms with Crippen molar-refractivity contribution in [2.45, 2.75) is 26.1 Å². The Balaban J connectivity index is 2.87. The molecule has 1 atom stereocenters. The molecule has 0 radical (unpaired) electrons. The first-order chi connectivity index (χ1) is 7.72. The summed E-state index contributed by atoms with van der Waals surface area (Å²) in [6.45, 7) is 3.11. The Kier molecular flexibility index (Phi) is 4.43. The van der Waals surface area contributed by atoms with Crippen molar-refractivity contribution in [2.24, 2.45) is 0 Å². The van der Waals surface area contributed by atoms with E-state index >= 15 is 0 Å². The number of piperazine rings is 1. The zero-order valence-electron chi connectivity index (χ0n) is 9.87. The van der Waals surface area contributed by atoms with Crippen molar-refractivity contribution in [2.75, 3.05) is 31.9 Å². The van der Waals surface area contributed by atoms with Gasteiger partial charge in [-0.05, 0) is 13.5 Å². The SMILES string of the molecule is CCN1CCN(S(=O)(=O)CC)CC1C(F)(F)F. The molecule has 1 rings (SSSR count). The molecule has 1 unspecified atom stereocenters. The van der Waals surface area contributed by atoms with Crippen LogP contribution in [-0.2, 0) is 10.0 Å². The third kappa shape index (κ3) is 3.32. The van der Waals surface area contributed by atoms with E-state index in [1.165, 1.54) is 11.8 Å². The van der Waals surface area contributed by atoms with E-state index in [0.717, 1.165) is 4.31 Å². The van der Waals surface area contributed by atoms with Gasteiger partial charge in [-0.3, -0.25) is 4.90 Å². The molecule has 1 saturated heterocycles. The lowest BCUT2D eigenvalue weighted by molar-refractivity contribution is -0.191. The predicted molar refractivity (Wildman–Crippen MR) is 58.1 cm³/mol. The number of rotatable bonds is 3. The fraction of sp³-hybridized carbons (Fsp3) is 1.00. The van der Waals surface area contributed by atoms with E-state index in [-0.39, 0.29) is 25.4 Å². The zero-order chi connectivity index (χ0) is 13.3. The Hall–Kier alpha value is -0.340. The van der Waals surface area contributed by atoms with Gasteiger partial charge in [0.05, 0.1) is 5.75 Å². The number of hydrogen-bond donors (Lipinski definition) is 0. The van der Waals surface area contributed by atoms with Gasteiger partial charge >= 0.3 is 6.18 Å². The molecule has 17 heavy (non-hydrogen) atoms. The first-order valence-electron chi connectivity index (χ1n) is 5.51. The van der Waals surface area contributed by atoms with E-state index in [1.807, 2.05) is 0 Å². The quantitative estimate of drug-likeness (QED) is 0.768. The number of halogens is 3. The van der Waals surface area contributed by atoms with Crippen LogP contribution in [0, 0.1) is 0 Å². The van der Waals surface area contributed by atoms with Crippen LogP contribution < -0.4 is 0 Å². The molecular weight excluding hydrogens is 257 g/mol. The molecule has 1 aliphatic heterocycles. The summed E-state index contributed by atoms with van der Waals surface area (Å²) in [6.07, 6.45) is -4.39. The number of hydrogen-bond acceptors (Lipinski definition) is 3. The van der Waals surface area contributed by atoms with Gasteiger partial charge in [-0.15, -0.1) is 0 Å². The minimum absolute atomic E-state index is 0.125. The second-order valence-corrected chi connectivity index (χ2v) is 6.20. The Labute approximate surface area is 99.4 Å². The van der Waals surface area contributed by atoms with Crippen molar-refractivity contribution < 1.29 is 21.6 Å². The van der Waals surface area contributed by atoms with Crippen LogP contribution in [-0.4, -0.2) is 61.8 Å². The van der Waals surface area contributed by atoms with Gasteiger partial charge in [0.15, 0.2) is 0 Å². The maximum Gasteiger partial charge on any atom is 0.405 e. The monoisotopic (exact) mass is 274 g/mol. The van der Waals surface area contributed by atoms with Crippen LogP contribution in [0.25, 0.3) is 0 Å². The molecule has 0 aromatic rings. The van der Waals surface area contributed by atoms with E-state index in [2.05, 4.69) is 0 Å². The van der Waals surface area contributed by atoms with Crippen LogP contribution in [0.2, 0.25) is 0 Å². The van der Waals surface area contributed by atoms with Gasteiger partial charge in [0.2, 0.25) is 10.0 Å². The van der Waals surface area contributed by atoms with Gasteiger partial charge in [-0.1, -0.05) is 6.92 Å². The van der Waals surface area contributed by atoms with Crippen LogP contribution in [0.4, 0.5) is 13.2 Å². The number of nitrogens with zero attached hydrogens (tertiary/aromatic N) is 2. The van der Waals surface area contributed by atoms with Crippen LogP contribution in [0.15, 0.2) is 0 Å². The van der Waals surface area contributed by atoms with Crippen LogP contribution >= 0.6 is 0 Å². The number of sulfonamides is 1. The van der Waals surface area contributed by atoms with Crippen LogP contribution in [0.1, 0.15) is 13.8 Å². The highest BCUT2D eigenvalue weighted by Gasteiger charge is 2.47. The van der Waals surface area contributed by atoms with Crippen molar-refractivity contribution in [1.82, 2.24) is 9.21 Å². The van der Waals surface area contributed by atoms with Gasteiger partial charge in [-0.25, -0.2) is 8.42 Å². The summed E-state index contributed by atoms with van der Waals surface area (Å²) in [4.78, 5) is 1.27. The third-order valence-corrected chi connectivity index (χ3v) is 4.84. The summed E-state index contributed by atoms with van der Waals surface area (Å²) in [5.41, 5.74) is 0. The molecule has 102 valence electrons. The molecule has 0 aliphatic carbocycles. The molecule has 0 amide bonds. The Morgan fingerprint density at radius 2 is 1.82 bits per heavy atom. The molecule has 1 aliphatic rings. The molecule has 0 N–H and O–H groups in total. The zero-order valence-corrected chi connectivity index (χ0v) is 10.7. The van der Waals surface area contributed by atoms with E-state index in [1.54, 1.807) is 6.92 Å². The van der Waals surface area contributed by atoms with Gasteiger partial charge < -0.3 is 0 Å². The maximum absolute atomic E-state index is 12.8. The average molecular weight is 274 g/mol. The fourth-order valence-electron chi connectivity index (χ4n) is 1.92. The second-order valence-electron chi connectivity index (χ2n) is 3.94. The van der Waals surface area contributed by atoms with Gasteiger partial charge in [0.25, 0.3) is 0 Å². The summed E-state index contributed by atoms with van der Waals surface area (Å²) < 4.78 is 62.4. The van der Waals surface area contributed by atoms with Crippen molar-refractivity contribution in [1.29, 1.82) is 0 Å². The minimum atomic E-state index is -4.39. The molecule has 1 fully saturated rings. The molecule has 0 bridgehead atoms. The fourth-order valence-corrected chi connectivity index (χ4v) is 3.01. The van der Waals surface area contributed by atoms with Crippen molar-refractivity contribution >= 4 is 10.0 Å². The smallest absolute Gasteiger partial charge is 0.290 e. The van der Waals surface area contributed by atoms with Crippen molar-refractivity contribution in [3.05, 3.63) is 0 Å².